The van der Waals surface area contributed by atoms with Crippen LogP contribution in [0.3, 0.4) is 0 Å². The van der Waals surface area contributed by atoms with E-state index >= 15 is 0 Å². The van der Waals surface area contributed by atoms with E-state index < -0.39 is 28.9 Å². The van der Waals surface area contributed by atoms with Gasteiger partial charge < -0.3 is 15.2 Å². The van der Waals surface area contributed by atoms with Crippen molar-refractivity contribution in [3.05, 3.63) is 63.6 Å². The Morgan fingerprint density at radius 1 is 1.28 bits per heavy atom. The summed E-state index contributed by atoms with van der Waals surface area (Å²) in [5.74, 6) is -1.19. The summed E-state index contributed by atoms with van der Waals surface area (Å²) in [5.41, 5.74) is 0.0804. The quantitative estimate of drug-likeness (QED) is 0.407. The predicted molar refractivity (Wildman–Crippen MR) is 117 cm³/mol. The highest BCUT2D eigenvalue weighted by molar-refractivity contribution is 9.10. The fourth-order valence-electron chi connectivity index (χ4n) is 2.64. The van der Waals surface area contributed by atoms with Gasteiger partial charge >= 0.3 is 12.1 Å². The topological polar surface area (TPSA) is 100 Å². The van der Waals surface area contributed by atoms with Crippen molar-refractivity contribution in [2.75, 3.05) is 0 Å². The van der Waals surface area contributed by atoms with Gasteiger partial charge in [-0.2, -0.15) is 18.3 Å². The summed E-state index contributed by atoms with van der Waals surface area (Å²) in [6, 6.07) is 9.86. The number of amides is 1. The number of rotatable bonds is 7. The molecule has 1 aliphatic heterocycles. The first-order valence-electron chi connectivity index (χ1n) is 9.00. The van der Waals surface area contributed by atoms with E-state index in [9.17, 15) is 22.8 Å². The summed E-state index contributed by atoms with van der Waals surface area (Å²) in [6.07, 6.45) is -3.42. The van der Waals surface area contributed by atoms with Crippen molar-refractivity contribution in [3.8, 4) is 5.75 Å². The van der Waals surface area contributed by atoms with E-state index in [4.69, 9.17) is 9.84 Å². The Hall–Kier alpha value is -2.86. The van der Waals surface area contributed by atoms with Gasteiger partial charge in [0.1, 0.15) is 17.6 Å². The molecule has 32 heavy (non-hydrogen) atoms. The second-order valence-corrected chi connectivity index (χ2v) is 8.62. The number of carboxylic acids is 1. The van der Waals surface area contributed by atoms with Crippen molar-refractivity contribution in [1.82, 2.24) is 5.32 Å². The number of hydrogen-bond acceptors (Lipinski definition) is 6. The number of thioether (sulfide) groups is 1. The molecule has 12 heteroatoms. The van der Waals surface area contributed by atoms with Crippen LogP contribution in [-0.4, -0.2) is 33.6 Å². The number of aliphatic carboxylic acids is 1. The Morgan fingerprint density at radius 2 is 2.06 bits per heavy atom. The molecule has 1 unspecified atom stereocenters. The lowest BCUT2D eigenvalue weighted by Crippen LogP contribution is -2.26. The zero-order valence-electron chi connectivity index (χ0n) is 16.1. The number of benzene rings is 2. The predicted octanol–water partition coefficient (Wildman–Crippen LogP) is 4.44. The first-order chi connectivity index (χ1) is 15.1. The zero-order valence-corrected chi connectivity index (χ0v) is 18.5. The summed E-state index contributed by atoms with van der Waals surface area (Å²) >= 11 is 4.29. The van der Waals surface area contributed by atoms with Crippen molar-refractivity contribution in [1.29, 1.82) is 0 Å². The number of ether oxygens (including phenoxy) is 1. The molecule has 1 fully saturated rings. The van der Waals surface area contributed by atoms with Crippen LogP contribution in [0.25, 0.3) is 0 Å². The molecule has 2 aromatic rings. The van der Waals surface area contributed by atoms with Crippen LogP contribution in [0.5, 0.6) is 5.75 Å². The lowest BCUT2D eigenvalue weighted by atomic mass is 10.1. The van der Waals surface area contributed by atoms with Crippen molar-refractivity contribution >= 4 is 51.0 Å². The molecule has 1 saturated heterocycles. The van der Waals surface area contributed by atoms with Gasteiger partial charge in [-0.05, 0) is 35.9 Å². The summed E-state index contributed by atoms with van der Waals surface area (Å²) in [7, 11) is 0. The molecule has 0 bridgehead atoms. The van der Waals surface area contributed by atoms with Gasteiger partial charge in [0.25, 0.3) is 0 Å². The molecule has 1 aliphatic rings. The zero-order chi connectivity index (χ0) is 23.3. The largest absolute Gasteiger partial charge is 0.488 e. The molecule has 0 spiro atoms. The molecule has 1 amide bonds. The maximum absolute atomic E-state index is 12.9. The lowest BCUT2D eigenvalue weighted by molar-refractivity contribution is -0.138. The molecule has 7 nitrogen and oxygen atoms in total. The maximum Gasteiger partial charge on any atom is 0.416 e. The number of carboxylic acid groups (broad SMARTS) is 1. The number of nitrogens with zero attached hydrogens (tertiary/aromatic N) is 2. The standard InChI is InChI=1S/C20H15BrF3N3O4S/c21-14-4-5-15(31-10-11-2-1-3-13(6-11)20(22,23)24)12(7-14)9-25-27-19-26-18(30)16(32-19)8-17(28)29/h1-7,9,16H,8,10H2,(H,28,29)(H,26,27,30). The minimum absolute atomic E-state index is 0.0936. The molecule has 3 rings (SSSR count). The molecule has 0 radical (unpaired) electrons. The minimum Gasteiger partial charge on any atom is -0.488 e. The second-order valence-electron chi connectivity index (χ2n) is 6.51. The minimum atomic E-state index is -4.44. The molecule has 2 aromatic carbocycles. The third kappa shape index (κ3) is 6.57. The lowest BCUT2D eigenvalue weighted by Gasteiger charge is -2.11. The Morgan fingerprint density at radius 3 is 2.78 bits per heavy atom. The summed E-state index contributed by atoms with van der Waals surface area (Å²) in [4.78, 5) is 22.5. The van der Waals surface area contributed by atoms with Crippen molar-refractivity contribution < 1.29 is 32.6 Å². The molecule has 1 heterocycles. The van der Waals surface area contributed by atoms with Crippen LogP contribution in [-0.2, 0) is 22.4 Å². The van der Waals surface area contributed by atoms with Gasteiger partial charge in [-0.25, -0.2) is 0 Å². The van der Waals surface area contributed by atoms with Crippen molar-refractivity contribution in [3.63, 3.8) is 0 Å². The highest BCUT2D eigenvalue weighted by atomic mass is 79.9. The van der Waals surface area contributed by atoms with E-state index in [1.807, 2.05) is 0 Å². The van der Waals surface area contributed by atoms with Crippen molar-refractivity contribution in [2.24, 2.45) is 10.2 Å². The Bertz CT molecular complexity index is 1090. The van der Waals surface area contributed by atoms with Crippen LogP contribution in [0.2, 0.25) is 0 Å². The molecule has 0 aliphatic carbocycles. The first kappa shape index (κ1) is 23.8. The number of halogens is 4. The normalized spacial score (nSPS) is 17.7. The number of amidine groups is 1. The number of alkyl halides is 3. The third-order valence-corrected chi connectivity index (χ3v) is 5.67. The number of nitrogens with one attached hydrogen (secondary N) is 1. The van der Waals surface area contributed by atoms with E-state index in [0.717, 1.165) is 23.9 Å². The van der Waals surface area contributed by atoms with Gasteiger partial charge in [-0.3, -0.25) is 9.59 Å². The van der Waals surface area contributed by atoms with Gasteiger partial charge in [0, 0.05) is 10.0 Å². The van der Waals surface area contributed by atoms with Gasteiger partial charge in [-0.15, -0.1) is 5.10 Å². The van der Waals surface area contributed by atoms with E-state index in [0.29, 0.717) is 21.3 Å². The van der Waals surface area contributed by atoms with Crippen molar-refractivity contribution in [2.45, 2.75) is 24.5 Å². The number of carbonyl (C=O) groups excluding carboxylic acids is 1. The molecule has 2 N–H and O–H groups in total. The summed E-state index contributed by atoms with van der Waals surface area (Å²) < 4.78 is 45.0. The maximum atomic E-state index is 12.9. The van der Waals surface area contributed by atoms with Gasteiger partial charge in [0.05, 0.1) is 18.2 Å². The first-order valence-corrected chi connectivity index (χ1v) is 10.7. The van der Waals surface area contributed by atoms with Crippen LogP contribution >= 0.6 is 27.7 Å². The molecule has 168 valence electrons. The average molecular weight is 530 g/mol. The fourth-order valence-corrected chi connectivity index (χ4v) is 3.93. The molecular weight excluding hydrogens is 515 g/mol. The van der Waals surface area contributed by atoms with Crippen LogP contribution < -0.4 is 10.1 Å². The highest BCUT2D eigenvalue weighted by Crippen LogP contribution is 2.30. The summed E-state index contributed by atoms with van der Waals surface area (Å²) in [6.45, 7) is -0.0936. The monoisotopic (exact) mass is 529 g/mol. The molecule has 0 aromatic heterocycles. The third-order valence-electron chi connectivity index (χ3n) is 4.10. The molecular formula is C20H15BrF3N3O4S. The molecule has 1 atom stereocenters. The average Bonchev–Trinajstić information content (AvgIpc) is 3.05. The van der Waals surface area contributed by atoms with Crippen LogP contribution in [0.4, 0.5) is 13.2 Å². The molecule has 0 saturated carbocycles. The van der Waals surface area contributed by atoms with Gasteiger partial charge in [0.15, 0.2) is 5.17 Å². The van der Waals surface area contributed by atoms with E-state index in [-0.39, 0.29) is 18.2 Å². The van der Waals surface area contributed by atoms with Crippen LogP contribution in [0, 0.1) is 0 Å². The second kappa shape index (κ2) is 10.2. The number of carbonyl (C=O) groups is 2. The van der Waals surface area contributed by atoms with Crippen LogP contribution in [0.1, 0.15) is 23.1 Å². The smallest absolute Gasteiger partial charge is 0.416 e. The Balaban J connectivity index is 1.71. The van der Waals surface area contributed by atoms with E-state index in [1.54, 1.807) is 18.2 Å². The Kier molecular flexibility index (Phi) is 7.56. The highest BCUT2D eigenvalue weighted by Gasteiger charge is 2.32. The SMILES string of the molecule is O=C(O)CC1SC(=NN=Cc2cc(Br)ccc2OCc2cccc(C(F)(F)F)c2)NC1=O. The fraction of sp³-hybridized carbons (Fsp3) is 0.200. The van der Waals surface area contributed by atoms with E-state index in [2.05, 4.69) is 31.4 Å². The van der Waals surface area contributed by atoms with Crippen LogP contribution in [0.15, 0.2) is 57.1 Å². The Labute approximate surface area is 192 Å². The van der Waals surface area contributed by atoms with Gasteiger partial charge in [-0.1, -0.05) is 39.8 Å². The van der Waals surface area contributed by atoms with Gasteiger partial charge in [0.2, 0.25) is 5.91 Å². The number of hydrogen-bond donors (Lipinski definition) is 2. The van der Waals surface area contributed by atoms with E-state index in [1.165, 1.54) is 18.3 Å². The summed E-state index contributed by atoms with van der Waals surface area (Å²) in [5, 5.41) is 18.4.